The molecule has 0 aromatic heterocycles. The van der Waals surface area contributed by atoms with Crippen molar-refractivity contribution in [3.8, 4) is 5.75 Å². The maximum absolute atomic E-state index is 13.1. The lowest BCUT2D eigenvalue weighted by molar-refractivity contribution is -0.160. The highest BCUT2D eigenvalue weighted by Crippen LogP contribution is 2.30. The van der Waals surface area contributed by atoms with Gasteiger partial charge in [0.25, 0.3) is 0 Å². The van der Waals surface area contributed by atoms with E-state index in [1.165, 1.54) is 37.4 Å². The van der Waals surface area contributed by atoms with Crippen LogP contribution in [-0.4, -0.2) is 61.3 Å². The van der Waals surface area contributed by atoms with E-state index in [2.05, 4.69) is 5.48 Å². The maximum atomic E-state index is 13.1. The Hall–Kier alpha value is -2.70. The van der Waals surface area contributed by atoms with Crippen molar-refractivity contribution in [1.82, 2.24) is 9.79 Å². The molecule has 2 N–H and O–H groups in total. The second-order valence-electron chi connectivity index (χ2n) is 8.06. The standard InChI is InChI=1S/C23H24Cl2N2O8S/c1-34-23(31)19(9-14-4-6-17(28)7-5-14)26-35-22(30)13-21(29)20-3-2-8-27(20)36(32,33)18-11-15(24)10-16(25)12-18/h4-7,10-12,19-20,26,28H,2-3,8-9,13H2,1H3/t19-,20-/m0/s1. The Balaban J connectivity index is 1.63. The molecule has 10 nitrogen and oxygen atoms in total. The summed E-state index contributed by atoms with van der Waals surface area (Å²) >= 11 is 11.9. The summed E-state index contributed by atoms with van der Waals surface area (Å²) in [6.07, 6.45) is 0.0189. The number of hydroxylamine groups is 1. The Labute approximate surface area is 218 Å². The van der Waals surface area contributed by atoms with Gasteiger partial charge < -0.3 is 14.7 Å². The zero-order valence-electron chi connectivity index (χ0n) is 19.1. The molecule has 0 radical (unpaired) electrons. The van der Waals surface area contributed by atoms with Crippen molar-refractivity contribution >= 4 is 50.9 Å². The molecule has 1 aliphatic heterocycles. The van der Waals surface area contributed by atoms with Crippen LogP contribution in [0.5, 0.6) is 5.75 Å². The van der Waals surface area contributed by atoms with Crippen LogP contribution in [0, 0.1) is 0 Å². The lowest BCUT2D eigenvalue weighted by Gasteiger charge is -2.23. The average molecular weight is 559 g/mol. The van der Waals surface area contributed by atoms with Crippen LogP contribution < -0.4 is 5.48 Å². The van der Waals surface area contributed by atoms with Gasteiger partial charge in [0.15, 0.2) is 5.78 Å². The number of hydrogen-bond donors (Lipinski definition) is 2. The molecule has 0 unspecified atom stereocenters. The van der Waals surface area contributed by atoms with E-state index in [0.29, 0.717) is 12.0 Å². The fourth-order valence-corrected chi connectivity index (χ4v) is 6.18. The number of benzene rings is 2. The second kappa shape index (κ2) is 12.0. The van der Waals surface area contributed by atoms with Crippen LogP contribution in [-0.2, 0) is 40.4 Å². The first kappa shape index (κ1) is 27.9. The first-order valence-electron chi connectivity index (χ1n) is 10.8. The lowest BCUT2D eigenvalue weighted by Crippen LogP contribution is -2.43. The van der Waals surface area contributed by atoms with Crippen molar-refractivity contribution in [2.45, 2.75) is 42.7 Å². The summed E-state index contributed by atoms with van der Waals surface area (Å²) in [5.41, 5.74) is 2.96. The minimum absolute atomic E-state index is 0.0488. The van der Waals surface area contributed by atoms with E-state index in [4.69, 9.17) is 32.8 Å². The zero-order chi connectivity index (χ0) is 26.5. The molecular weight excluding hydrogens is 535 g/mol. The molecule has 36 heavy (non-hydrogen) atoms. The molecule has 13 heteroatoms. The van der Waals surface area contributed by atoms with Crippen molar-refractivity contribution in [2.24, 2.45) is 0 Å². The molecule has 2 aromatic carbocycles. The number of ketones is 1. The van der Waals surface area contributed by atoms with Gasteiger partial charge in [-0.05, 0) is 48.7 Å². The van der Waals surface area contributed by atoms with Gasteiger partial charge in [0.1, 0.15) is 18.2 Å². The smallest absolute Gasteiger partial charge is 0.332 e. The molecule has 0 spiro atoms. The quantitative estimate of drug-likeness (QED) is 0.256. The molecule has 1 saturated heterocycles. The van der Waals surface area contributed by atoms with Gasteiger partial charge in [-0.15, -0.1) is 5.48 Å². The third-order valence-corrected chi connectivity index (χ3v) is 7.84. The lowest BCUT2D eigenvalue weighted by atomic mass is 10.1. The molecule has 2 atom stereocenters. The zero-order valence-corrected chi connectivity index (χ0v) is 21.5. The van der Waals surface area contributed by atoms with Crippen LogP contribution in [0.4, 0.5) is 0 Å². The molecule has 3 rings (SSSR count). The average Bonchev–Trinajstić information content (AvgIpc) is 3.33. The van der Waals surface area contributed by atoms with E-state index in [-0.39, 0.29) is 40.1 Å². The summed E-state index contributed by atoms with van der Waals surface area (Å²) in [6, 6.07) is 7.77. The van der Waals surface area contributed by atoms with E-state index in [1.807, 2.05) is 0 Å². The molecule has 0 bridgehead atoms. The van der Waals surface area contributed by atoms with E-state index < -0.39 is 46.2 Å². The van der Waals surface area contributed by atoms with Crippen molar-refractivity contribution < 1.29 is 37.5 Å². The molecule has 2 aromatic rings. The second-order valence-corrected chi connectivity index (χ2v) is 10.8. The van der Waals surface area contributed by atoms with Gasteiger partial charge in [0, 0.05) is 23.0 Å². The van der Waals surface area contributed by atoms with Crippen LogP contribution in [0.3, 0.4) is 0 Å². The number of carbonyl (C=O) groups is 3. The number of aromatic hydroxyl groups is 1. The van der Waals surface area contributed by atoms with Crippen LogP contribution in [0.1, 0.15) is 24.8 Å². The highest BCUT2D eigenvalue weighted by molar-refractivity contribution is 7.89. The predicted molar refractivity (Wildman–Crippen MR) is 130 cm³/mol. The molecular formula is C23H24Cl2N2O8S. The summed E-state index contributed by atoms with van der Waals surface area (Å²) in [5.74, 6) is -2.30. The molecule has 1 heterocycles. The fraction of sp³-hybridized carbons (Fsp3) is 0.348. The minimum Gasteiger partial charge on any atom is -0.508 e. The Morgan fingerprint density at radius 2 is 1.78 bits per heavy atom. The number of sulfonamides is 1. The first-order chi connectivity index (χ1) is 17.0. The van der Waals surface area contributed by atoms with Gasteiger partial charge in [-0.3, -0.25) is 9.59 Å². The predicted octanol–water partition coefficient (Wildman–Crippen LogP) is 2.64. The largest absolute Gasteiger partial charge is 0.508 e. The third kappa shape index (κ3) is 6.95. The van der Waals surface area contributed by atoms with Crippen molar-refractivity contribution in [3.63, 3.8) is 0 Å². The Kier molecular flexibility index (Phi) is 9.31. The van der Waals surface area contributed by atoms with Crippen LogP contribution in [0.15, 0.2) is 47.4 Å². The summed E-state index contributed by atoms with van der Waals surface area (Å²) in [6.45, 7) is 0.0905. The van der Waals surface area contributed by atoms with E-state index in [9.17, 15) is 27.9 Å². The van der Waals surface area contributed by atoms with Crippen molar-refractivity contribution in [1.29, 1.82) is 0 Å². The Morgan fingerprint density at radius 3 is 2.39 bits per heavy atom. The van der Waals surface area contributed by atoms with Gasteiger partial charge >= 0.3 is 11.9 Å². The number of methoxy groups -OCH3 is 1. The van der Waals surface area contributed by atoms with E-state index in [1.54, 1.807) is 12.1 Å². The number of hydrogen-bond acceptors (Lipinski definition) is 9. The number of phenols is 1. The fourth-order valence-electron chi connectivity index (χ4n) is 3.78. The van der Waals surface area contributed by atoms with Gasteiger partial charge in [-0.1, -0.05) is 35.3 Å². The number of nitrogens with zero attached hydrogens (tertiary/aromatic N) is 1. The molecule has 1 fully saturated rings. The van der Waals surface area contributed by atoms with E-state index >= 15 is 0 Å². The third-order valence-electron chi connectivity index (χ3n) is 5.51. The van der Waals surface area contributed by atoms with E-state index in [0.717, 1.165) is 4.31 Å². The molecule has 0 aliphatic carbocycles. The monoisotopic (exact) mass is 558 g/mol. The Bertz CT molecular complexity index is 1220. The number of Topliss-reactive ketones (excluding diaryl/α,β-unsaturated/α-hetero) is 1. The minimum atomic E-state index is -4.09. The van der Waals surface area contributed by atoms with Crippen LogP contribution >= 0.6 is 23.2 Å². The summed E-state index contributed by atoms with van der Waals surface area (Å²) in [5, 5.41) is 9.65. The van der Waals surface area contributed by atoms with Crippen LogP contribution in [0.25, 0.3) is 0 Å². The van der Waals surface area contributed by atoms with Gasteiger partial charge in [-0.25, -0.2) is 13.2 Å². The molecule has 0 amide bonds. The molecule has 1 aliphatic rings. The highest BCUT2D eigenvalue weighted by Gasteiger charge is 2.40. The summed E-state index contributed by atoms with van der Waals surface area (Å²) in [4.78, 5) is 42.0. The van der Waals surface area contributed by atoms with Crippen LogP contribution in [0.2, 0.25) is 10.0 Å². The molecule has 194 valence electrons. The summed E-state index contributed by atoms with van der Waals surface area (Å²) in [7, 11) is -2.93. The van der Waals surface area contributed by atoms with Gasteiger partial charge in [-0.2, -0.15) is 4.31 Å². The number of rotatable bonds is 10. The Morgan fingerprint density at radius 1 is 1.14 bits per heavy atom. The first-order valence-corrected chi connectivity index (χ1v) is 13.0. The van der Waals surface area contributed by atoms with Gasteiger partial charge in [0.05, 0.1) is 18.0 Å². The van der Waals surface area contributed by atoms with Crippen molar-refractivity contribution in [2.75, 3.05) is 13.7 Å². The summed E-state index contributed by atoms with van der Waals surface area (Å²) < 4.78 is 32.0. The number of ether oxygens (including phenoxy) is 1. The van der Waals surface area contributed by atoms with Crippen molar-refractivity contribution in [3.05, 3.63) is 58.1 Å². The maximum Gasteiger partial charge on any atom is 0.332 e. The topological polar surface area (TPSA) is 139 Å². The highest BCUT2D eigenvalue weighted by atomic mass is 35.5. The number of halogens is 2. The number of carbonyl (C=O) groups excluding carboxylic acids is 3. The number of esters is 1. The normalized spacial score (nSPS) is 16.9. The SMILES string of the molecule is COC(=O)[C@H](Cc1ccc(O)cc1)NOC(=O)CC(=O)[C@@H]1CCCN1S(=O)(=O)c1cc(Cl)cc(Cl)c1. The number of nitrogens with one attached hydrogen (secondary N) is 1. The molecule has 0 saturated carbocycles. The van der Waals surface area contributed by atoms with Gasteiger partial charge in [0.2, 0.25) is 10.0 Å². The number of phenolic OH excluding ortho intramolecular Hbond substituents is 1.